The number of aromatic amines is 1. The van der Waals surface area contributed by atoms with Crippen molar-refractivity contribution in [2.75, 3.05) is 12.4 Å². The highest BCUT2D eigenvalue weighted by Gasteiger charge is 2.26. The van der Waals surface area contributed by atoms with Crippen molar-refractivity contribution >= 4 is 51.1 Å². The molecule has 0 radical (unpaired) electrons. The highest BCUT2D eigenvalue weighted by molar-refractivity contribution is 9.10. The predicted molar refractivity (Wildman–Crippen MR) is 119 cm³/mol. The van der Waals surface area contributed by atoms with E-state index in [4.69, 9.17) is 16.3 Å². The van der Waals surface area contributed by atoms with E-state index in [1.807, 2.05) is 30.3 Å². The Morgan fingerprint density at radius 2 is 1.77 bits per heavy atom. The van der Waals surface area contributed by atoms with E-state index in [2.05, 4.69) is 36.8 Å². The molecule has 0 spiro atoms. The second-order valence-corrected chi connectivity index (χ2v) is 7.63. The van der Waals surface area contributed by atoms with E-state index < -0.39 is 23.8 Å². The molecule has 0 fully saturated rings. The molecule has 0 aliphatic heterocycles. The van der Waals surface area contributed by atoms with Crippen LogP contribution in [0.25, 0.3) is 0 Å². The van der Waals surface area contributed by atoms with Gasteiger partial charge in [0.25, 0.3) is 11.8 Å². The first-order chi connectivity index (χ1) is 14.9. The fourth-order valence-electron chi connectivity index (χ4n) is 2.80. The molecule has 1 heterocycles. The van der Waals surface area contributed by atoms with E-state index in [0.717, 1.165) is 5.56 Å². The van der Waals surface area contributed by atoms with E-state index in [-0.39, 0.29) is 33.0 Å². The van der Waals surface area contributed by atoms with Gasteiger partial charge in [-0.05, 0) is 33.6 Å². The van der Waals surface area contributed by atoms with Crippen LogP contribution in [0.15, 0.2) is 59.1 Å². The molecule has 0 saturated heterocycles. The zero-order chi connectivity index (χ0) is 22.4. The smallest absolute Gasteiger partial charge is 0.328 e. The number of hydrogen-bond donors (Lipinski definition) is 3. The summed E-state index contributed by atoms with van der Waals surface area (Å²) in [5.74, 6) is -1.50. The molecule has 0 unspecified atom stereocenters. The first-order valence-electron chi connectivity index (χ1n) is 9.13. The molecule has 1 aromatic heterocycles. The number of esters is 1. The quantitative estimate of drug-likeness (QED) is 0.425. The van der Waals surface area contributed by atoms with Crippen LogP contribution in [0.5, 0.6) is 0 Å². The molecule has 2 aromatic carbocycles. The number of H-pyrrole nitrogens is 1. The van der Waals surface area contributed by atoms with Gasteiger partial charge in [-0.25, -0.2) is 4.79 Å². The fraction of sp³-hybridized carbons (Fsp3) is 0.143. The molecule has 160 valence electrons. The number of rotatable bonds is 7. The number of hydrogen-bond acceptors (Lipinski definition) is 5. The van der Waals surface area contributed by atoms with Gasteiger partial charge in [0.15, 0.2) is 5.69 Å². The lowest BCUT2D eigenvalue weighted by Crippen LogP contribution is -2.43. The van der Waals surface area contributed by atoms with E-state index in [1.54, 1.807) is 24.3 Å². The van der Waals surface area contributed by atoms with E-state index in [1.165, 1.54) is 7.11 Å². The van der Waals surface area contributed by atoms with Crippen LogP contribution in [0.4, 0.5) is 5.82 Å². The fourth-order valence-corrected chi connectivity index (χ4v) is 3.48. The summed E-state index contributed by atoms with van der Waals surface area (Å²) in [4.78, 5) is 37.4. The highest BCUT2D eigenvalue weighted by Crippen LogP contribution is 2.25. The molecule has 8 nitrogen and oxygen atoms in total. The maximum absolute atomic E-state index is 12.7. The minimum absolute atomic E-state index is 0.0311. The summed E-state index contributed by atoms with van der Waals surface area (Å²) < 4.78 is 5.04. The Morgan fingerprint density at radius 3 is 2.45 bits per heavy atom. The topological polar surface area (TPSA) is 113 Å². The van der Waals surface area contributed by atoms with Crippen LogP contribution >= 0.6 is 27.5 Å². The Balaban J connectivity index is 1.74. The first-order valence-corrected chi connectivity index (χ1v) is 10.3. The molecule has 3 aromatic rings. The van der Waals surface area contributed by atoms with Crippen molar-refractivity contribution in [3.8, 4) is 0 Å². The lowest BCUT2D eigenvalue weighted by molar-refractivity contribution is -0.142. The second-order valence-electron chi connectivity index (χ2n) is 6.43. The van der Waals surface area contributed by atoms with Crippen molar-refractivity contribution in [3.63, 3.8) is 0 Å². The van der Waals surface area contributed by atoms with Crippen molar-refractivity contribution < 1.29 is 19.1 Å². The van der Waals surface area contributed by atoms with Crippen LogP contribution in [0.2, 0.25) is 5.02 Å². The Labute approximate surface area is 191 Å². The number of ether oxygens (including phenoxy) is 1. The number of anilines is 1. The third-order valence-electron chi connectivity index (χ3n) is 4.35. The summed E-state index contributed by atoms with van der Waals surface area (Å²) in [6, 6.07) is 14.9. The number of carbonyl (C=O) groups is 3. The van der Waals surface area contributed by atoms with Gasteiger partial charge in [0.2, 0.25) is 0 Å². The second kappa shape index (κ2) is 10.2. The largest absolute Gasteiger partial charge is 0.467 e. The third-order valence-corrected chi connectivity index (χ3v) is 5.45. The minimum Gasteiger partial charge on any atom is -0.467 e. The van der Waals surface area contributed by atoms with Gasteiger partial charge in [-0.3, -0.25) is 14.7 Å². The van der Waals surface area contributed by atoms with Gasteiger partial charge in [0.1, 0.15) is 11.9 Å². The Hall–Kier alpha value is -3.17. The standard InChI is InChI=1S/C21H18BrClN4O4/c1-31-21(30)15(11-12-7-3-2-4-8-12)24-20(29)17-16(22)18(27-26-17)25-19(28)13-9-5-6-10-14(13)23/h2-10,15H,11H2,1H3,(H,24,29)(H2,25,26,27,28)/t15-/m0/s1. The molecule has 3 N–H and O–H groups in total. The number of halogens is 2. The normalized spacial score (nSPS) is 11.5. The van der Waals surface area contributed by atoms with Gasteiger partial charge in [-0.2, -0.15) is 5.10 Å². The van der Waals surface area contributed by atoms with Gasteiger partial charge in [0.05, 0.1) is 22.2 Å². The van der Waals surface area contributed by atoms with E-state index >= 15 is 0 Å². The molecule has 2 amide bonds. The lowest BCUT2D eigenvalue weighted by Gasteiger charge is -2.16. The van der Waals surface area contributed by atoms with Gasteiger partial charge in [-0.1, -0.05) is 54.1 Å². The molecule has 10 heteroatoms. The van der Waals surface area contributed by atoms with Gasteiger partial charge >= 0.3 is 5.97 Å². The van der Waals surface area contributed by atoms with E-state index in [0.29, 0.717) is 0 Å². The number of aromatic nitrogens is 2. The summed E-state index contributed by atoms with van der Waals surface area (Å²) in [6.45, 7) is 0. The Morgan fingerprint density at radius 1 is 1.10 bits per heavy atom. The Bertz CT molecular complexity index is 1100. The number of amides is 2. The van der Waals surface area contributed by atoms with E-state index in [9.17, 15) is 14.4 Å². The van der Waals surface area contributed by atoms with Gasteiger partial charge < -0.3 is 15.4 Å². The Kier molecular flexibility index (Phi) is 7.43. The summed E-state index contributed by atoms with van der Waals surface area (Å²) in [5.41, 5.74) is 1.09. The number of benzene rings is 2. The maximum atomic E-state index is 12.7. The molecule has 0 saturated carbocycles. The molecule has 31 heavy (non-hydrogen) atoms. The summed E-state index contributed by atoms with van der Waals surface area (Å²) in [5, 5.41) is 12.1. The summed E-state index contributed by atoms with van der Waals surface area (Å²) >= 11 is 9.31. The number of nitrogens with one attached hydrogen (secondary N) is 3. The van der Waals surface area contributed by atoms with Gasteiger partial charge in [0, 0.05) is 6.42 Å². The van der Waals surface area contributed by atoms with Crippen molar-refractivity contribution in [1.82, 2.24) is 15.5 Å². The lowest BCUT2D eigenvalue weighted by atomic mass is 10.1. The average molecular weight is 506 g/mol. The molecular weight excluding hydrogens is 488 g/mol. The molecule has 0 aliphatic rings. The zero-order valence-corrected chi connectivity index (χ0v) is 18.7. The molecule has 3 rings (SSSR count). The third kappa shape index (κ3) is 5.50. The summed E-state index contributed by atoms with van der Waals surface area (Å²) in [7, 11) is 1.25. The maximum Gasteiger partial charge on any atom is 0.328 e. The number of nitrogens with zero attached hydrogens (tertiary/aromatic N) is 1. The van der Waals surface area contributed by atoms with Crippen molar-refractivity contribution in [2.24, 2.45) is 0 Å². The average Bonchev–Trinajstić information content (AvgIpc) is 3.13. The minimum atomic E-state index is -0.912. The van der Waals surface area contributed by atoms with Crippen molar-refractivity contribution in [2.45, 2.75) is 12.5 Å². The highest BCUT2D eigenvalue weighted by atomic mass is 79.9. The molecule has 0 bridgehead atoms. The summed E-state index contributed by atoms with van der Waals surface area (Å²) in [6.07, 6.45) is 0.247. The molecular formula is C21H18BrClN4O4. The first kappa shape index (κ1) is 22.5. The van der Waals surface area contributed by atoms with Crippen LogP contribution in [0.3, 0.4) is 0 Å². The predicted octanol–water partition coefficient (Wildman–Crippen LogP) is 3.59. The van der Waals surface area contributed by atoms with Crippen LogP contribution in [0.1, 0.15) is 26.4 Å². The van der Waals surface area contributed by atoms with Crippen molar-refractivity contribution in [3.05, 3.63) is 80.9 Å². The van der Waals surface area contributed by atoms with Crippen LogP contribution < -0.4 is 10.6 Å². The van der Waals surface area contributed by atoms with Crippen LogP contribution in [-0.2, 0) is 16.0 Å². The van der Waals surface area contributed by atoms with Crippen LogP contribution in [-0.4, -0.2) is 41.1 Å². The SMILES string of the molecule is COC(=O)[C@H](Cc1ccccc1)NC(=O)c1n[nH]c(NC(=O)c2ccccc2Cl)c1Br. The van der Waals surface area contributed by atoms with Crippen molar-refractivity contribution in [1.29, 1.82) is 0 Å². The zero-order valence-electron chi connectivity index (χ0n) is 16.3. The van der Waals surface area contributed by atoms with Crippen LogP contribution in [0, 0.1) is 0 Å². The molecule has 1 atom stereocenters. The monoisotopic (exact) mass is 504 g/mol. The number of carbonyl (C=O) groups excluding carboxylic acids is 3. The molecule has 0 aliphatic carbocycles. The van der Waals surface area contributed by atoms with Gasteiger partial charge in [-0.15, -0.1) is 0 Å². The number of methoxy groups -OCH3 is 1.